The lowest BCUT2D eigenvalue weighted by atomic mass is 9.40. The maximum Gasteiger partial charge on any atom is 0.313 e. The molecule has 0 unspecified atom stereocenters. The average Bonchev–Trinajstić information content (AvgIpc) is 3.14. The number of carbonyl (C=O) groups excluding carboxylic acids is 2. The zero-order chi connectivity index (χ0) is 22.1. The summed E-state index contributed by atoms with van der Waals surface area (Å²) in [5.74, 6) is -1.67. The van der Waals surface area contributed by atoms with E-state index >= 15 is 0 Å². The molecule has 0 radical (unpaired) electrons. The highest BCUT2D eigenvalue weighted by Crippen LogP contribution is 2.67. The highest BCUT2D eigenvalue weighted by Gasteiger charge is 2.72. The summed E-state index contributed by atoms with van der Waals surface area (Å²) in [6.07, 6.45) is 1.94. The monoisotopic (exact) mass is 420 g/mol. The van der Waals surface area contributed by atoms with Crippen LogP contribution in [-0.4, -0.2) is 47.1 Å². The van der Waals surface area contributed by atoms with Gasteiger partial charge in [-0.3, -0.25) is 9.59 Å². The van der Waals surface area contributed by atoms with Gasteiger partial charge in [0.05, 0.1) is 31.0 Å². The largest absolute Gasteiger partial charge is 0.469 e. The highest BCUT2D eigenvalue weighted by atomic mass is 16.5. The molecule has 166 valence electrons. The molecule has 3 aliphatic rings. The van der Waals surface area contributed by atoms with Crippen molar-refractivity contribution in [2.45, 2.75) is 77.1 Å². The Balaban J connectivity index is 1.91. The minimum atomic E-state index is -1.29. The van der Waals surface area contributed by atoms with Gasteiger partial charge in [-0.15, -0.1) is 0 Å². The Labute approximate surface area is 176 Å². The number of carbonyl (C=O) groups is 2. The smallest absolute Gasteiger partial charge is 0.313 e. The zero-order valence-electron chi connectivity index (χ0n) is 18.3. The Bertz CT molecular complexity index is 857. The van der Waals surface area contributed by atoms with Crippen molar-refractivity contribution in [2.75, 3.05) is 7.11 Å². The Morgan fingerprint density at radius 3 is 2.60 bits per heavy atom. The van der Waals surface area contributed by atoms with Crippen LogP contribution in [0.2, 0.25) is 0 Å². The van der Waals surface area contributed by atoms with Crippen LogP contribution in [0.15, 0.2) is 16.7 Å². The molecule has 0 spiro atoms. The number of esters is 2. The first-order valence-electron chi connectivity index (χ1n) is 10.7. The third-order valence-electron chi connectivity index (χ3n) is 8.56. The van der Waals surface area contributed by atoms with Gasteiger partial charge in [-0.05, 0) is 30.2 Å². The van der Waals surface area contributed by atoms with Crippen LogP contribution < -0.4 is 0 Å². The van der Waals surface area contributed by atoms with E-state index in [1.807, 2.05) is 20.8 Å². The normalized spacial score (nSPS) is 41.8. The van der Waals surface area contributed by atoms with E-state index in [9.17, 15) is 19.8 Å². The first kappa shape index (κ1) is 21.4. The van der Waals surface area contributed by atoms with Gasteiger partial charge in [0.2, 0.25) is 0 Å². The van der Waals surface area contributed by atoms with Crippen molar-refractivity contribution in [1.82, 2.24) is 0 Å². The van der Waals surface area contributed by atoms with Gasteiger partial charge < -0.3 is 24.1 Å². The quantitative estimate of drug-likeness (QED) is 0.708. The summed E-state index contributed by atoms with van der Waals surface area (Å²) in [5, 5.41) is 23.4. The Morgan fingerprint density at radius 1 is 1.27 bits per heavy atom. The molecule has 0 amide bonds. The average molecular weight is 421 g/mol. The van der Waals surface area contributed by atoms with Gasteiger partial charge in [-0.1, -0.05) is 20.8 Å². The molecule has 7 heteroatoms. The molecular formula is C23H32O7. The van der Waals surface area contributed by atoms with Gasteiger partial charge in [0, 0.05) is 36.7 Å². The summed E-state index contributed by atoms with van der Waals surface area (Å²) in [6, 6.07) is 1.76. The molecule has 3 aliphatic carbocycles. The lowest BCUT2D eigenvalue weighted by molar-refractivity contribution is -0.296. The van der Waals surface area contributed by atoms with E-state index < -0.39 is 52.4 Å². The third-order valence-corrected chi connectivity index (χ3v) is 8.56. The van der Waals surface area contributed by atoms with E-state index in [2.05, 4.69) is 0 Å². The van der Waals surface area contributed by atoms with E-state index in [1.165, 1.54) is 14.0 Å². The second-order valence-corrected chi connectivity index (χ2v) is 10.1. The van der Waals surface area contributed by atoms with Gasteiger partial charge in [0.25, 0.3) is 0 Å². The van der Waals surface area contributed by atoms with E-state index in [0.717, 1.165) is 5.56 Å². The molecule has 0 saturated heterocycles. The summed E-state index contributed by atoms with van der Waals surface area (Å²) >= 11 is 0. The maximum absolute atomic E-state index is 12.8. The van der Waals surface area contributed by atoms with Gasteiger partial charge in [-0.25, -0.2) is 0 Å². The van der Waals surface area contributed by atoms with Crippen molar-refractivity contribution in [3.8, 4) is 0 Å². The maximum atomic E-state index is 12.8. The second-order valence-electron chi connectivity index (χ2n) is 10.1. The summed E-state index contributed by atoms with van der Waals surface area (Å²) in [5.41, 5.74) is -1.94. The topological polar surface area (TPSA) is 106 Å². The van der Waals surface area contributed by atoms with Crippen LogP contribution in [0, 0.1) is 22.7 Å². The molecule has 4 rings (SSSR count). The second kappa shape index (κ2) is 6.82. The molecule has 0 aromatic carbocycles. The molecule has 0 bridgehead atoms. The van der Waals surface area contributed by atoms with Gasteiger partial charge >= 0.3 is 11.9 Å². The minimum absolute atomic E-state index is 0.107. The number of fused-ring (bicyclic) bond motifs is 4. The van der Waals surface area contributed by atoms with Crippen molar-refractivity contribution in [3.05, 3.63) is 23.7 Å². The number of aliphatic hydroxyl groups excluding tert-OH is 1. The van der Waals surface area contributed by atoms with E-state index in [-0.39, 0.29) is 12.3 Å². The van der Waals surface area contributed by atoms with E-state index in [1.54, 1.807) is 12.3 Å². The van der Waals surface area contributed by atoms with Crippen LogP contribution in [-0.2, 0) is 25.5 Å². The van der Waals surface area contributed by atoms with Crippen LogP contribution in [0.4, 0.5) is 0 Å². The van der Waals surface area contributed by atoms with E-state index in [0.29, 0.717) is 25.0 Å². The lowest BCUT2D eigenvalue weighted by Crippen LogP contribution is -2.74. The molecule has 1 aromatic heterocycles. The Kier molecular flexibility index (Phi) is 4.86. The standard InChI is InChI=1S/C23H32O7/c1-12(24)30-17-6-8-21(2,3)23(27)11-15(25)19-14(22(17,23)4)10-16-13(7-9-29-16)18(19)20(26)28-5/h7,9,14-15,17-19,25,27H,6,8,10-11H2,1-5H3/t14-,15-,17-,18+,19+,22-,23+/m0/s1. The number of ether oxygens (including phenoxy) is 2. The van der Waals surface area contributed by atoms with Crippen LogP contribution in [0.25, 0.3) is 0 Å². The summed E-state index contributed by atoms with van der Waals surface area (Å²) < 4.78 is 16.6. The lowest BCUT2D eigenvalue weighted by Gasteiger charge is -2.68. The zero-order valence-corrected chi connectivity index (χ0v) is 18.3. The van der Waals surface area contributed by atoms with E-state index in [4.69, 9.17) is 13.9 Å². The first-order valence-corrected chi connectivity index (χ1v) is 10.7. The molecule has 0 aliphatic heterocycles. The summed E-state index contributed by atoms with van der Waals surface area (Å²) in [6.45, 7) is 7.33. The van der Waals surface area contributed by atoms with Gasteiger partial charge in [0.1, 0.15) is 11.9 Å². The predicted octanol–water partition coefficient (Wildman–Crippen LogP) is 2.58. The van der Waals surface area contributed by atoms with Crippen LogP contribution in [0.5, 0.6) is 0 Å². The molecular weight excluding hydrogens is 388 g/mol. The summed E-state index contributed by atoms with van der Waals surface area (Å²) in [4.78, 5) is 24.8. The van der Waals surface area contributed by atoms with Crippen molar-refractivity contribution >= 4 is 11.9 Å². The van der Waals surface area contributed by atoms with Crippen LogP contribution in [0.1, 0.15) is 64.2 Å². The molecule has 2 fully saturated rings. The van der Waals surface area contributed by atoms with Crippen molar-refractivity contribution in [3.63, 3.8) is 0 Å². The number of methoxy groups -OCH3 is 1. The first-order chi connectivity index (χ1) is 14.0. The molecule has 1 aromatic rings. The summed E-state index contributed by atoms with van der Waals surface area (Å²) in [7, 11) is 1.34. The molecule has 7 nitrogen and oxygen atoms in total. The number of rotatable bonds is 2. The number of furan rings is 1. The molecule has 2 N–H and O–H groups in total. The third kappa shape index (κ3) is 2.64. The van der Waals surface area contributed by atoms with Gasteiger partial charge in [0.15, 0.2) is 0 Å². The fourth-order valence-electron chi connectivity index (χ4n) is 6.94. The molecule has 30 heavy (non-hydrogen) atoms. The van der Waals surface area contributed by atoms with Crippen LogP contribution >= 0.6 is 0 Å². The SMILES string of the molecule is COC(=O)[C@@H]1c2ccoc2C[C@H]2[C@@H]1[C@@H](O)C[C@@]1(O)C(C)(C)CC[C@H](OC(C)=O)[C@]21C. The highest BCUT2D eigenvalue weighted by molar-refractivity contribution is 5.79. The van der Waals surface area contributed by atoms with Crippen LogP contribution in [0.3, 0.4) is 0 Å². The molecule has 1 heterocycles. The molecule has 2 saturated carbocycles. The fraction of sp³-hybridized carbons (Fsp3) is 0.739. The van der Waals surface area contributed by atoms with Crippen molar-refractivity contribution in [1.29, 1.82) is 0 Å². The Hall–Kier alpha value is -1.86. The van der Waals surface area contributed by atoms with Crippen molar-refractivity contribution in [2.24, 2.45) is 22.7 Å². The fourth-order valence-corrected chi connectivity index (χ4v) is 6.94. The van der Waals surface area contributed by atoms with Gasteiger partial charge in [-0.2, -0.15) is 0 Å². The number of hydrogen-bond donors (Lipinski definition) is 2. The number of aliphatic hydroxyl groups is 2. The predicted molar refractivity (Wildman–Crippen MR) is 106 cm³/mol. The number of hydrogen-bond acceptors (Lipinski definition) is 7. The minimum Gasteiger partial charge on any atom is -0.469 e. The molecule has 7 atom stereocenters. The Morgan fingerprint density at radius 2 is 1.97 bits per heavy atom. The van der Waals surface area contributed by atoms with Crippen molar-refractivity contribution < 1.29 is 33.7 Å².